The van der Waals surface area contributed by atoms with E-state index in [1.807, 2.05) is 4.90 Å². The highest BCUT2D eigenvalue weighted by molar-refractivity contribution is 5.73. The largest absolute Gasteiger partial charge is 0.339 e. The van der Waals surface area contributed by atoms with E-state index in [4.69, 9.17) is 0 Å². The number of carbonyl (C=O) groups excluding carboxylic acids is 1. The van der Waals surface area contributed by atoms with Crippen LogP contribution in [0.1, 0.15) is 33.1 Å². The van der Waals surface area contributed by atoms with Crippen LogP contribution in [0.25, 0.3) is 0 Å². The van der Waals surface area contributed by atoms with Crippen LogP contribution >= 0.6 is 0 Å². The van der Waals surface area contributed by atoms with Gasteiger partial charge in [0, 0.05) is 20.0 Å². The summed E-state index contributed by atoms with van der Waals surface area (Å²) < 4.78 is 0. The second kappa shape index (κ2) is 6.89. The van der Waals surface area contributed by atoms with Gasteiger partial charge < -0.3 is 4.90 Å². The quantitative estimate of drug-likeness (QED) is 0.441. The minimum Gasteiger partial charge on any atom is -0.339 e. The standard InChI is InChI=1S/C10H19NO/c1-4-6-7-9-11(8-5-2)10(3)12/h5H,2,4,6-9H2,1,3H3. The Bertz CT molecular complexity index is 143. The van der Waals surface area contributed by atoms with Gasteiger partial charge in [0.2, 0.25) is 5.91 Å². The fourth-order valence-electron chi connectivity index (χ4n) is 1.09. The van der Waals surface area contributed by atoms with E-state index in [0.717, 1.165) is 13.0 Å². The Morgan fingerprint density at radius 2 is 2.17 bits per heavy atom. The van der Waals surface area contributed by atoms with Crippen molar-refractivity contribution >= 4 is 5.91 Å². The van der Waals surface area contributed by atoms with Crippen LogP contribution in [-0.4, -0.2) is 23.9 Å². The van der Waals surface area contributed by atoms with Gasteiger partial charge >= 0.3 is 0 Å². The Morgan fingerprint density at radius 1 is 1.50 bits per heavy atom. The summed E-state index contributed by atoms with van der Waals surface area (Å²) in [5.74, 6) is 0.144. The zero-order valence-electron chi connectivity index (χ0n) is 8.18. The number of rotatable bonds is 6. The van der Waals surface area contributed by atoms with Gasteiger partial charge in [-0.3, -0.25) is 4.79 Å². The van der Waals surface area contributed by atoms with Crippen LogP contribution in [0.5, 0.6) is 0 Å². The minimum absolute atomic E-state index is 0.144. The van der Waals surface area contributed by atoms with E-state index < -0.39 is 0 Å². The molecule has 0 spiro atoms. The van der Waals surface area contributed by atoms with E-state index in [2.05, 4.69) is 13.5 Å². The summed E-state index contributed by atoms with van der Waals surface area (Å²) in [7, 11) is 0. The molecule has 0 unspecified atom stereocenters. The molecule has 2 heteroatoms. The molecular weight excluding hydrogens is 150 g/mol. The lowest BCUT2D eigenvalue weighted by Gasteiger charge is -2.18. The van der Waals surface area contributed by atoms with Crippen LogP contribution in [-0.2, 0) is 4.79 Å². The minimum atomic E-state index is 0.144. The Balaban J connectivity index is 3.63. The van der Waals surface area contributed by atoms with Crippen molar-refractivity contribution in [3.05, 3.63) is 12.7 Å². The first-order chi connectivity index (χ1) is 5.72. The molecule has 0 fully saturated rings. The Morgan fingerprint density at radius 3 is 2.58 bits per heavy atom. The predicted octanol–water partition coefficient (Wildman–Crippen LogP) is 2.21. The molecule has 70 valence electrons. The fraction of sp³-hybridized carbons (Fsp3) is 0.700. The summed E-state index contributed by atoms with van der Waals surface area (Å²) in [5, 5.41) is 0. The molecule has 0 N–H and O–H groups in total. The van der Waals surface area contributed by atoms with Gasteiger partial charge in [0.25, 0.3) is 0 Å². The van der Waals surface area contributed by atoms with Crippen molar-refractivity contribution in [1.29, 1.82) is 0 Å². The van der Waals surface area contributed by atoms with Gasteiger partial charge in [0.05, 0.1) is 0 Å². The Hall–Kier alpha value is -0.790. The van der Waals surface area contributed by atoms with Crippen molar-refractivity contribution in [2.75, 3.05) is 13.1 Å². The van der Waals surface area contributed by atoms with Gasteiger partial charge in [-0.25, -0.2) is 0 Å². The maximum atomic E-state index is 11.0. The monoisotopic (exact) mass is 169 g/mol. The highest BCUT2D eigenvalue weighted by Gasteiger charge is 2.04. The van der Waals surface area contributed by atoms with Crippen molar-refractivity contribution in [1.82, 2.24) is 4.90 Å². The lowest BCUT2D eigenvalue weighted by atomic mass is 10.2. The normalized spacial score (nSPS) is 9.50. The number of hydrogen-bond donors (Lipinski definition) is 0. The molecule has 0 aromatic rings. The van der Waals surface area contributed by atoms with Crippen molar-refractivity contribution in [3.63, 3.8) is 0 Å². The third kappa shape index (κ3) is 4.94. The summed E-state index contributed by atoms with van der Waals surface area (Å²) in [6.07, 6.45) is 5.26. The topological polar surface area (TPSA) is 20.3 Å². The van der Waals surface area contributed by atoms with Crippen molar-refractivity contribution < 1.29 is 4.79 Å². The van der Waals surface area contributed by atoms with Gasteiger partial charge in [-0.05, 0) is 6.42 Å². The molecule has 0 saturated heterocycles. The molecule has 0 aromatic heterocycles. The maximum Gasteiger partial charge on any atom is 0.219 e. The van der Waals surface area contributed by atoms with Crippen LogP contribution in [0.4, 0.5) is 0 Å². The number of nitrogens with zero attached hydrogens (tertiary/aromatic N) is 1. The molecule has 1 amide bonds. The summed E-state index contributed by atoms with van der Waals surface area (Å²) in [5.41, 5.74) is 0. The maximum absolute atomic E-state index is 11.0. The first-order valence-electron chi connectivity index (χ1n) is 4.58. The van der Waals surface area contributed by atoms with E-state index in [1.54, 1.807) is 13.0 Å². The average molecular weight is 169 g/mol. The fourth-order valence-corrected chi connectivity index (χ4v) is 1.09. The molecule has 0 rings (SSSR count). The number of amides is 1. The third-order valence-electron chi connectivity index (χ3n) is 1.83. The first-order valence-corrected chi connectivity index (χ1v) is 4.58. The molecule has 0 atom stereocenters. The molecule has 12 heavy (non-hydrogen) atoms. The zero-order valence-corrected chi connectivity index (χ0v) is 8.18. The predicted molar refractivity (Wildman–Crippen MR) is 52.0 cm³/mol. The van der Waals surface area contributed by atoms with Gasteiger partial charge in [-0.2, -0.15) is 0 Å². The van der Waals surface area contributed by atoms with Gasteiger partial charge in [-0.15, -0.1) is 6.58 Å². The van der Waals surface area contributed by atoms with Crippen molar-refractivity contribution in [2.45, 2.75) is 33.1 Å². The molecule has 0 saturated carbocycles. The average Bonchev–Trinajstić information content (AvgIpc) is 2.03. The van der Waals surface area contributed by atoms with Crippen molar-refractivity contribution in [2.24, 2.45) is 0 Å². The third-order valence-corrected chi connectivity index (χ3v) is 1.83. The molecule has 0 heterocycles. The van der Waals surface area contributed by atoms with Crippen LogP contribution in [0.2, 0.25) is 0 Å². The van der Waals surface area contributed by atoms with E-state index in [9.17, 15) is 4.79 Å². The summed E-state index contributed by atoms with van der Waals surface area (Å²) in [6, 6.07) is 0. The SMILES string of the molecule is C=CCN(CCCCC)C(C)=O. The summed E-state index contributed by atoms with van der Waals surface area (Å²) in [4.78, 5) is 12.8. The van der Waals surface area contributed by atoms with Gasteiger partial charge in [0.1, 0.15) is 0 Å². The molecule has 0 aliphatic rings. The number of carbonyl (C=O) groups is 1. The van der Waals surface area contributed by atoms with E-state index in [1.165, 1.54) is 12.8 Å². The Kier molecular flexibility index (Phi) is 6.44. The molecule has 0 radical (unpaired) electrons. The number of hydrogen-bond acceptors (Lipinski definition) is 1. The lowest BCUT2D eigenvalue weighted by molar-refractivity contribution is -0.128. The van der Waals surface area contributed by atoms with Gasteiger partial charge in [0.15, 0.2) is 0 Å². The van der Waals surface area contributed by atoms with Crippen LogP contribution in [0.3, 0.4) is 0 Å². The van der Waals surface area contributed by atoms with Crippen LogP contribution < -0.4 is 0 Å². The molecule has 0 aliphatic heterocycles. The van der Waals surface area contributed by atoms with Gasteiger partial charge in [-0.1, -0.05) is 25.8 Å². The second-order valence-electron chi connectivity index (χ2n) is 2.96. The van der Waals surface area contributed by atoms with E-state index in [0.29, 0.717) is 6.54 Å². The van der Waals surface area contributed by atoms with E-state index in [-0.39, 0.29) is 5.91 Å². The molecule has 2 nitrogen and oxygen atoms in total. The second-order valence-corrected chi connectivity index (χ2v) is 2.96. The van der Waals surface area contributed by atoms with Crippen LogP contribution in [0, 0.1) is 0 Å². The van der Waals surface area contributed by atoms with Crippen molar-refractivity contribution in [3.8, 4) is 0 Å². The smallest absolute Gasteiger partial charge is 0.219 e. The zero-order chi connectivity index (χ0) is 9.40. The van der Waals surface area contributed by atoms with E-state index >= 15 is 0 Å². The Labute approximate surface area is 75.3 Å². The lowest BCUT2D eigenvalue weighted by Crippen LogP contribution is -2.29. The summed E-state index contributed by atoms with van der Waals surface area (Å²) >= 11 is 0. The molecule has 0 bridgehead atoms. The highest BCUT2D eigenvalue weighted by atomic mass is 16.2. The molecule has 0 aromatic carbocycles. The van der Waals surface area contributed by atoms with Crippen LogP contribution in [0.15, 0.2) is 12.7 Å². The highest BCUT2D eigenvalue weighted by Crippen LogP contribution is 1.98. The molecule has 0 aliphatic carbocycles. The number of unbranched alkanes of at least 4 members (excludes halogenated alkanes) is 2. The summed E-state index contributed by atoms with van der Waals surface area (Å²) in [6.45, 7) is 8.93. The molecular formula is C10H19NO. The first kappa shape index (κ1) is 11.2.